The molecule has 0 aliphatic carbocycles. The Morgan fingerprint density at radius 1 is 1.24 bits per heavy atom. The van der Waals surface area contributed by atoms with E-state index in [1.807, 2.05) is 12.1 Å². The number of fused-ring (bicyclic) bond motifs is 1. The highest BCUT2D eigenvalue weighted by Gasteiger charge is 2.20. The quantitative estimate of drug-likeness (QED) is 0.845. The molecule has 110 valence electrons. The third-order valence-corrected chi connectivity index (χ3v) is 3.13. The topological polar surface area (TPSA) is 75.6 Å². The third kappa shape index (κ3) is 3.13. The van der Waals surface area contributed by atoms with Gasteiger partial charge in [-0.3, -0.25) is 4.79 Å². The minimum absolute atomic E-state index is 0.0957. The second kappa shape index (κ2) is 6.26. The fourth-order valence-electron chi connectivity index (χ4n) is 2.04. The highest BCUT2D eigenvalue weighted by Crippen LogP contribution is 2.28. The summed E-state index contributed by atoms with van der Waals surface area (Å²) in [5.41, 5.74) is 0.129. The van der Waals surface area contributed by atoms with Gasteiger partial charge in [0.25, 0.3) is 5.91 Å². The van der Waals surface area contributed by atoms with Crippen molar-refractivity contribution in [1.82, 2.24) is 5.32 Å². The Bertz CT molecular complexity index is 681. The Kier molecular flexibility index (Phi) is 4.42. The van der Waals surface area contributed by atoms with E-state index in [1.165, 1.54) is 13.0 Å². The molecule has 1 amide bonds. The zero-order valence-corrected chi connectivity index (χ0v) is 11.9. The number of phenols is 1. The molecule has 0 bridgehead atoms. The molecular formula is C16H17NO4. The van der Waals surface area contributed by atoms with E-state index in [-0.39, 0.29) is 17.9 Å². The van der Waals surface area contributed by atoms with E-state index in [0.29, 0.717) is 5.39 Å². The minimum atomic E-state index is -0.775. The molecule has 21 heavy (non-hydrogen) atoms. The van der Waals surface area contributed by atoms with Gasteiger partial charge in [0, 0.05) is 5.39 Å². The number of carbonyl (C=O) groups excluding carboxylic acids is 2. The van der Waals surface area contributed by atoms with Crippen molar-refractivity contribution in [3.8, 4) is 5.75 Å². The monoisotopic (exact) mass is 287 g/mol. The molecule has 2 N–H and O–H groups in total. The maximum atomic E-state index is 12.1. The molecule has 2 aromatic rings. The second-order valence-electron chi connectivity index (χ2n) is 4.63. The molecule has 0 aliphatic heterocycles. The molecule has 2 rings (SSSR count). The molecule has 5 heteroatoms. The molecule has 2 aromatic carbocycles. The first-order chi connectivity index (χ1) is 10.0. The molecule has 1 unspecified atom stereocenters. The van der Waals surface area contributed by atoms with Gasteiger partial charge in [-0.1, -0.05) is 30.3 Å². The van der Waals surface area contributed by atoms with Gasteiger partial charge >= 0.3 is 5.97 Å². The standard InChI is InChI=1S/C16H17NO4/c1-3-21-16(20)10(2)17-15(19)13-9-8-11-6-4-5-7-12(11)14(13)18/h4-10,18H,3H2,1-2H3,(H,17,19). The van der Waals surface area contributed by atoms with Gasteiger partial charge in [0.2, 0.25) is 0 Å². The van der Waals surface area contributed by atoms with Crippen molar-refractivity contribution in [2.24, 2.45) is 0 Å². The van der Waals surface area contributed by atoms with Gasteiger partial charge in [-0.2, -0.15) is 0 Å². The van der Waals surface area contributed by atoms with Crippen LogP contribution in [0.2, 0.25) is 0 Å². The normalized spacial score (nSPS) is 11.9. The van der Waals surface area contributed by atoms with Gasteiger partial charge in [-0.05, 0) is 25.3 Å². The summed E-state index contributed by atoms with van der Waals surface area (Å²) < 4.78 is 4.82. The first-order valence-electron chi connectivity index (χ1n) is 6.72. The fraction of sp³-hybridized carbons (Fsp3) is 0.250. The van der Waals surface area contributed by atoms with E-state index in [1.54, 1.807) is 25.1 Å². The van der Waals surface area contributed by atoms with Crippen LogP contribution >= 0.6 is 0 Å². The number of amides is 1. The van der Waals surface area contributed by atoms with Crippen molar-refractivity contribution < 1.29 is 19.4 Å². The molecule has 0 spiro atoms. The predicted octanol–water partition coefficient (Wildman–Crippen LogP) is 2.23. The van der Waals surface area contributed by atoms with Crippen molar-refractivity contribution in [2.75, 3.05) is 6.61 Å². The van der Waals surface area contributed by atoms with Crippen LogP contribution in [-0.4, -0.2) is 29.6 Å². The van der Waals surface area contributed by atoms with Gasteiger partial charge in [0.05, 0.1) is 12.2 Å². The lowest BCUT2D eigenvalue weighted by atomic mass is 10.0. The van der Waals surface area contributed by atoms with Crippen LogP contribution in [0.5, 0.6) is 5.75 Å². The van der Waals surface area contributed by atoms with Gasteiger partial charge in [-0.25, -0.2) is 4.79 Å². The molecular weight excluding hydrogens is 270 g/mol. The van der Waals surface area contributed by atoms with Crippen LogP contribution in [0.1, 0.15) is 24.2 Å². The summed E-state index contributed by atoms with van der Waals surface area (Å²) in [5.74, 6) is -1.12. The number of nitrogens with one attached hydrogen (secondary N) is 1. The molecule has 0 heterocycles. The summed E-state index contributed by atoms with van der Waals surface area (Å²) in [5, 5.41) is 14.1. The predicted molar refractivity (Wildman–Crippen MR) is 79.2 cm³/mol. The summed E-state index contributed by atoms with van der Waals surface area (Å²) in [4.78, 5) is 23.7. The van der Waals surface area contributed by atoms with Crippen LogP contribution in [0.3, 0.4) is 0 Å². The van der Waals surface area contributed by atoms with Crippen molar-refractivity contribution in [1.29, 1.82) is 0 Å². The second-order valence-corrected chi connectivity index (χ2v) is 4.63. The summed E-state index contributed by atoms with van der Waals surface area (Å²) in [6, 6.07) is 9.72. The molecule has 0 fully saturated rings. The number of ether oxygens (including phenoxy) is 1. The Hall–Kier alpha value is -2.56. The van der Waals surface area contributed by atoms with E-state index < -0.39 is 17.9 Å². The maximum Gasteiger partial charge on any atom is 0.328 e. The number of benzene rings is 2. The average Bonchev–Trinajstić information content (AvgIpc) is 2.48. The molecule has 0 saturated heterocycles. The zero-order valence-electron chi connectivity index (χ0n) is 11.9. The Morgan fingerprint density at radius 3 is 2.67 bits per heavy atom. The summed E-state index contributed by atoms with van der Waals surface area (Å²) in [7, 11) is 0. The molecule has 0 radical (unpaired) electrons. The largest absolute Gasteiger partial charge is 0.506 e. The smallest absolute Gasteiger partial charge is 0.328 e. The lowest BCUT2D eigenvalue weighted by Crippen LogP contribution is -2.39. The van der Waals surface area contributed by atoms with Gasteiger partial charge in [0.1, 0.15) is 11.8 Å². The number of carbonyl (C=O) groups is 2. The van der Waals surface area contributed by atoms with Crippen molar-refractivity contribution in [3.63, 3.8) is 0 Å². The number of aromatic hydroxyl groups is 1. The van der Waals surface area contributed by atoms with Crippen LogP contribution in [0.4, 0.5) is 0 Å². The van der Waals surface area contributed by atoms with E-state index in [2.05, 4.69) is 5.32 Å². The molecule has 0 aromatic heterocycles. The van der Waals surface area contributed by atoms with Crippen LogP contribution in [-0.2, 0) is 9.53 Å². The Balaban J connectivity index is 2.24. The SMILES string of the molecule is CCOC(=O)C(C)NC(=O)c1ccc2ccccc2c1O. The molecule has 0 saturated carbocycles. The highest BCUT2D eigenvalue weighted by molar-refractivity contribution is 6.04. The van der Waals surface area contributed by atoms with Crippen LogP contribution in [0.25, 0.3) is 10.8 Å². The van der Waals surface area contributed by atoms with Crippen LogP contribution in [0.15, 0.2) is 36.4 Å². The fourth-order valence-corrected chi connectivity index (χ4v) is 2.04. The Morgan fingerprint density at radius 2 is 1.95 bits per heavy atom. The summed E-state index contributed by atoms with van der Waals surface area (Å²) >= 11 is 0. The number of rotatable bonds is 4. The third-order valence-electron chi connectivity index (χ3n) is 3.13. The average molecular weight is 287 g/mol. The van der Waals surface area contributed by atoms with Gasteiger partial charge in [-0.15, -0.1) is 0 Å². The number of esters is 1. The van der Waals surface area contributed by atoms with Gasteiger partial charge in [0.15, 0.2) is 0 Å². The van der Waals surface area contributed by atoms with Crippen LogP contribution < -0.4 is 5.32 Å². The lowest BCUT2D eigenvalue weighted by molar-refractivity contribution is -0.144. The highest BCUT2D eigenvalue weighted by atomic mass is 16.5. The lowest BCUT2D eigenvalue weighted by Gasteiger charge is -2.14. The van der Waals surface area contributed by atoms with Crippen LogP contribution in [0, 0.1) is 0 Å². The molecule has 1 atom stereocenters. The van der Waals surface area contributed by atoms with E-state index in [4.69, 9.17) is 4.74 Å². The van der Waals surface area contributed by atoms with Gasteiger partial charge < -0.3 is 15.2 Å². The van der Waals surface area contributed by atoms with Crippen molar-refractivity contribution in [3.05, 3.63) is 42.0 Å². The zero-order chi connectivity index (χ0) is 15.4. The van der Waals surface area contributed by atoms with E-state index in [9.17, 15) is 14.7 Å². The first kappa shape index (κ1) is 14.8. The molecule has 5 nitrogen and oxygen atoms in total. The number of hydrogen-bond donors (Lipinski definition) is 2. The van der Waals surface area contributed by atoms with Crippen molar-refractivity contribution >= 4 is 22.6 Å². The Labute approximate surface area is 122 Å². The summed E-state index contributed by atoms with van der Waals surface area (Å²) in [6.07, 6.45) is 0. The number of phenolic OH excluding ortho intramolecular Hbond substituents is 1. The van der Waals surface area contributed by atoms with E-state index in [0.717, 1.165) is 5.39 Å². The molecule has 0 aliphatic rings. The maximum absolute atomic E-state index is 12.1. The minimum Gasteiger partial charge on any atom is -0.506 e. The summed E-state index contributed by atoms with van der Waals surface area (Å²) in [6.45, 7) is 3.48. The van der Waals surface area contributed by atoms with Crippen molar-refractivity contribution in [2.45, 2.75) is 19.9 Å². The number of hydrogen-bond acceptors (Lipinski definition) is 4. The van der Waals surface area contributed by atoms with E-state index >= 15 is 0 Å². The first-order valence-corrected chi connectivity index (χ1v) is 6.72.